The van der Waals surface area contributed by atoms with E-state index in [1.165, 1.54) is 6.92 Å². The number of likely N-dealkylation sites (tertiary alicyclic amines) is 1. The minimum atomic E-state index is -0.0790. The predicted molar refractivity (Wildman–Crippen MR) is 78.6 cm³/mol. The zero-order valence-electron chi connectivity index (χ0n) is 12.6. The Hall–Kier alpha value is -2.05. The van der Waals surface area contributed by atoms with E-state index in [4.69, 9.17) is 0 Å². The summed E-state index contributed by atoms with van der Waals surface area (Å²) in [4.78, 5) is 25.1. The molecular formula is C14H23N5O2. The molecule has 1 aromatic heterocycles. The molecule has 1 aliphatic rings. The van der Waals surface area contributed by atoms with E-state index in [0.29, 0.717) is 13.1 Å². The molecule has 0 unspecified atom stereocenters. The maximum absolute atomic E-state index is 12.2. The first-order valence-electron chi connectivity index (χ1n) is 7.34. The molecule has 1 fully saturated rings. The van der Waals surface area contributed by atoms with E-state index in [2.05, 4.69) is 15.7 Å². The van der Waals surface area contributed by atoms with E-state index >= 15 is 0 Å². The van der Waals surface area contributed by atoms with E-state index in [1.807, 2.05) is 19.2 Å². The molecule has 2 rings (SSSR count). The van der Waals surface area contributed by atoms with Crippen LogP contribution in [0.25, 0.3) is 0 Å². The van der Waals surface area contributed by atoms with Gasteiger partial charge in [0.15, 0.2) is 0 Å². The fraction of sp³-hybridized carbons (Fsp3) is 0.643. The van der Waals surface area contributed by atoms with Crippen molar-refractivity contribution in [2.24, 2.45) is 0 Å². The van der Waals surface area contributed by atoms with Crippen LogP contribution in [0.2, 0.25) is 0 Å². The van der Waals surface area contributed by atoms with Gasteiger partial charge in [-0.2, -0.15) is 5.10 Å². The minimum Gasteiger partial charge on any atom is -0.352 e. The van der Waals surface area contributed by atoms with Gasteiger partial charge >= 0.3 is 6.03 Å². The molecule has 3 amide bonds. The van der Waals surface area contributed by atoms with Crippen LogP contribution in [0.3, 0.4) is 0 Å². The number of amides is 3. The van der Waals surface area contributed by atoms with Gasteiger partial charge < -0.3 is 15.5 Å². The Morgan fingerprint density at radius 1 is 1.48 bits per heavy atom. The third-order valence-electron chi connectivity index (χ3n) is 3.51. The van der Waals surface area contributed by atoms with Gasteiger partial charge in [-0.3, -0.25) is 9.48 Å². The first kappa shape index (κ1) is 15.3. The zero-order chi connectivity index (χ0) is 15.2. The van der Waals surface area contributed by atoms with Gasteiger partial charge in [0.2, 0.25) is 5.91 Å². The molecule has 0 aliphatic carbocycles. The molecule has 7 heteroatoms. The standard InChI is InChI=1S/C14H23N5O2/c1-11(9-19-8-4-6-15-19)16-14(21)18-7-3-5-13(10-18)17-12(2)20/h4,6,8,11,13H,3,5,7,9-10H2,1-2H3,(H,16,21)(H,17,20)/t11-,13-/m0/s1. The van der Waals surface area contributed by atoms with Crippen molar-refractivity contribution in [2.45, 2.75) is 45.3 Å². The second-order valence-corrected chi connectivity index (χ2v) is 5.56. The molecule has 7 nitrogen and oxygen atoms in total. The number of carbonyl (C=O) groups excluding carboxylic acids is 2. The molecule has 2 heterocycles. The fourth-order valence-corrected chi connectivity index (χ4v) is 2.60. The van der Waals surface area contributed by atoms with Gasteiger partial charge in [0.05, 0.1) is 6.54 Å². The normalized spacial score (nSPS) is 19.9. The minimum absolute atomic E-state index is 0.00135. The monoisotopic (exact) mass is 293 g/mol. The Balaban J connectivity index is 1.80. The number of urea groups is 1. The van der Waals surface area contributed by atoms with Crippen LogP contribution in [0.5, 0.6) is 0 Å². The van der Waals surface area contributed by atoms with Crippen LogP contribution in [0, 0.1) is 0 Å². The average Bonchev–Trinajstić information content (AvgIpc) is 2.90. The van der Waals surface area contributed by atoms with Crippen molar-refractivity contribution in [3.63, 3.8) is 0 Å². The number of hydrogen-bond acceptors (Lipinski definition) is 3. The summed E-state index contributed by atoms with van der Waals surface area (Å²) in [5, 5.41) is 9.98. The van der Waals surface area contributed by atoms with Gasteiger partial charge in [0.25, 0.3) is 0 Å². The highest BCUT2D eigenvalue weighted by molar-refractivity contribution is 5.75. The summed E-state index contributed by atoms with van der Waals surface area (Å²) in [7, 11) is 0. The maximum atomic E-state index is 12.2. The Morgan fingerprint density at radius 3 is 2.95 bits per heavy atom. The Morgan fingerprint density at radius 2 is 2.29 bits per heavy atom. The van der Waals surface area contributed by atoms with Crippen LogP contribution >= 0.6 is 0 Å². The summed E-state index contributed by atoms with van der Waals surface area (Å²) in [5.41, 5.74) is 0. The van der Waals surface area contributed by atoms with Crippen LogP contribution in [0.15, 0.2) is 18.5 Å². The first-order chi connectivity index (χ1) is 10.0. The molecule has 0 saturated carbocycles. The number of rotatable bonds is 4. The average molecular weight is 293 g/mol. The Kier molecular flexibility index (Phi) is 5.19. The fourth-order valence-electron chi connectivity index (χ4n) is 2.60. The van der Waals surface area contributed by atoms with Gasteiger partial charge in [-0.25, -0.2) is 4.79 Å². The lowest BCUT2D eigenvalue weighted by molar-refractivity contribution is -0.119. The van der Waals surface area contributed by atoms with Gasteiger partial charge in [-0.15, -0.1) is 0 Å². The Labute approximate surface area is 124 Å². The van der Waals surface area contributed by atoms with Crippen LogP contribution in [-0.2, 0) is 11.3 Å². The molecule has 1 saturated heterocycles. The molecule has 1 aromatic rings. The molecule has 2 N–H and O–H groups in total. The van der Waals surface area contributed by atoms with Crippen LogP contribution in [0.4, 0.5) is 4.79 Å². The molecule has 21 heavy (non-hydrogen) atoms. The third kappa shape index (κ3) is 4.77. The highest BCUT2D eigenvalue weighted by Crippen LogP contribution is 2.10. The topological polar surface area (TPSA) is 79.3 Å². The van der Waals surface area contributed by atoms with Crippen molar-refractivity contribution in [3.05, 3.63) is 18.5 Å². The Bertz CT molecular complexity index is 474. The van der Waals surface area contributed by atoms with Crippen molar-refractivity contribution in [2.75, 3.05) is 13.1 Å². The number of piperidine rings is 1. The second-order valence-electron chi connectivity index (χ2n) is 5.56. The van der Waals surface area contributed by atoms with E-state index < -0.39 is 0 Å². The van der Waals surface area contributed by atoms with Gasteiger partial charge in [0.1, 0.15) is 0 Å². The molecule has 1 aliphatic heterocycles. The van der Waals surface area contributed by atoms with Crippen LogP contribution < -0.4 is 10.6 Å². The third-order valence-corrected chi connectivity index (χ3v) is 3.51. The lowest BCUT2D eigenvalue weighted by Crippen LogP contribution is -2.53. The predicted octanol–water partition coefficient (Wildman–Crippen LogP) is 0.582. The summed E-state index contributed by atoms with van der Waals surface area (Å²) in [5.74, 6) is -0.0469. The van der Waals surface area contributed by atoms with Crippen molar-refractivity contribution in [3.8, 4) is 0 Å². The first-order valence-corrected chi connectivity index (χ1v) is 7.34. The second kappa shape index (κ2) is 7.10. The molecule has 0 bridgehead atoms. The van der Waals surface area contributed by atoms with Crippen molar-refractivity contribution in [1.29, 1.82) is 0 Å². The smallest absolute Gasteiger partial charge is 0.317 e. The molecule has 0 aromatic carbocycles. The highest BCUT2D eigenvalue weighted by atomic mass is 16.2. The molecule has 2 atom stereocenters. The zero-order valence-corrected chi connectivity index (χ0v) is 12.6. The highest BCUT2D eigenvalue weighted by Gasteiger charge is 2.24. The van der Waals surface area contributed by atoms with Crippen molar-refractivity contribution >= 4 is 11.9 Å². The molecule has 116 valence electrons. The van der Waals surface area contributed by atoms with E-state index in [0.717, 1.165) is 19.4 Å². The van der Waals surface area contributed by atoms with Crippen molar-refractivity contribution in [1.82, 2.24) is 25.3 Å². The molecule has 0 spiro atoms. The lowest BCUT2D eigenvalue weighted by atomic mass is 10.1. The van der Waals surface area contributed by atoms with E-state index in [-0.39, 0.29) is 24.0 Å². The number of nitrogens with one attached hydrogen (secondary N) is 2. The summed E-state index contributed by atoms with van der Waals surface area (Å²) >= 11 is 0. The SMILES string of the molecule is CC(=O)N[C@H]1CCCN(C(=O)N[C@@H](C)Cn2cccn2)C1. The number of carbonyl (C=O) groups is 2. The molecular weight excluding hydrogens is 270 g/mol. The number of aromatic nitrogens is 2. The van der Waals surface area contributed by atoms with E-state index in [9.17, 15) is 9.59 Å². The van der Waals surface area contributed by atoms with Crippen LogP contribution in [-0.4, -0.2) is 51.8 Å². The maximum Gasteiger partial charge on any atom is 0.317 e. The summed E-state index contributed by atoms with van der Waals surface area (Å²) < 4.78 is 1.79. The largest absolute Gasteiger partial charge is 0.352 e. The van der Waals surface area contributed by atoms with Gasteiger partial charge in [-0.05, 0) is 25.8 Å². The number of nitrogens with zero attached hydrogens (tertiary/aromatic N) is 3. The number of hydrogen-bond donors (Lipinski definition) is 2. The lowest BCUT2D eigenvalue weighted by Gasteiger charge is -2.33. The van der Waals surface area contributed by atoms with Gasteiger partial charge in [-0.1, -0.05) is 0 Å². The quantitative estimate of drug-likeness (QED) is 0.852. The van der Waals surface area contributed by atoms with E-state index in [1.54, 1.807) is 15.8 Å². The summed E-state index contributed by atoms with van der Waals surface area (Å²) in [6, 6.07) is 1.84. The summed E-state index contributed by atoms with van der Waals surface area (Å²) in [6.07, 6.45) is 5.42. The van der Waals surface area contributed by atoms with Crippen molar-refractivity contribution < 1.29 is 9.59 Å². The molecule has 0 radical (unpaired) electrons. The van der Waals surface area contributed by atoms with Crippen LogP contribution in [0.1, 0.15) is 26.7 Å². The summed E-state index contributed by atoms with van der Waals surface area (Å²) in [6.45, 7) is 5.40. The van der Waals surface area contributed by atoms with Gasteiger partial charge in [0, 0.05) is 44.5 Å².